The molecule has 0 spiro atoms. The summed E-state index contributed by atoms with van der Waals surface area (Å²) in [4.78, 5) is 4.48. The van der Waals surface area contributed by atoms with Gasteiger partial charge in [-0.05, 0) is 36.8 Å². The van der Waals surface area contributed by atoms with Gasteiger partial charge in [0.05, 0.1) is 11.5 Å². The second kappa shape index (κ2) is 7.77. The zero-order valence-electron chi connectivity index (χ0n) is 13.7. The SMILES string of the molecule is CCOc1ccc(S(=O)(=O)NCc2ccc(-c3nccs3)cc2)cc1. The number of sulfonamides is 1. The zero-order valence-corrected chi connectivity index (χ0v) is 15.3. The molecule has 0 atom stereocenters. The average Bonchev–Trinajstić information content (AvgIpc) is 3.16. The molecule has 1 aromatic heterocycles. The summed E-state index contributed by atoms with van der Waals surface area (Å²) in [6.45, 7) is 2.65. The largest absolute Gasteiger partial charge is 0.494 e. The van der Waals surface area contributed by atoms with Crippen molar-refractivity contribution in [2.45, 2.75) is 18.4 Å². The van der Waals surface area contributed by atoms with Gasteiger partial charge in [0.1, 0.15) is 10.8 Å². The Labute approximate surface area is 151 Å². The van der Waals surface area contributed by atoms with Crippen molar-refractivity contribution in [2.24, 2.45) is 0 Å². The van der Waals surface area contributed by atoms with Gasteiger partial charge in [-0.1, -0.05) is 24.3 Å². The predicted octanol–water partition coefficient (Wildman–Crippen LogP) is 3.69. The van der Waals surface area contributed by atoms with E-state index in [-0.39, 0.29) is 11.4 Å². The molecule has 0 aliphatic rings. The summed E-state index contributed by atoms with van der Waals surface area (Å²) < 4.78 is 32.7. The molecule has 0 fully saturated rings. The second-order valence-corrected chi connectivity index (χ2v) is 7.92. The van der Waals surface area contributed by atoms with Crippen LogP contribution in [0.5, 0.6) is 5.75 Å². The van der Waals surface area contributed by atoms with E-state index in [1.165, 1.54) is 0 Å². The predicted molar refractivity (Wildman–Crippen MR) is 99.2 cm³/mol. The van der Waals surface area contributed by atoms with E-state index in [1.807, 2.05) is 36.6 Å². The maximum Gasteiger partial charge on any atom is 0.240 e. The van der Waals surface area contributed by atoms with E-state index in [0.29, 0.717) is 12.4 Å². The van der Waals surface area contributed by atoms with Gasteiger partial charge in [-0.2, -0.15) is 0 Å². The molecule has 7 heteroatoms. The number of aromatic nitrogens is 1. The van der Waals surface area contributed by atoms with E-state index < -0.39 is 10.0 Å². The van der Waals surface area contributed by atoms with Crippen molar-refractivity contribution in [3.63, 3.8) is 0 Å². The van der Waals surface area contributed by atoms with E-state index in [9.17, 15) is 8.42 Å². The fourth-order valence-electron chi connectivity index (χ4n) is 2.27. The highest BCUT2D eigenvalue weighted by atomic mass is 32.2. The molecule has 3 aromatic rings. The second-order valence-electron chi connectivity index (χ2n) is 5.26. The topological polar surface area (TPSA) is 68.3 Å². The molecule has 2 aromatic carbocycles. The Balaban J connectivity index is 1.65. The molecule has 0 saturated heterocycles. The van der Waals surface area contributed by atoms with E-state index in [1.54, 1.807) is 41.8 Å². The van der Waals surface area contributed by atoms with Gasteiger partial charge in [0.15, 0.2) is 0 Å². The highest BCUT2D eigenvalue weighted by Gasteiger charge is 2.13. The van der Waals surface area contributed by atoms with Gasteiger partial charge in [0.2, 0.25) is 10.0 Å². The van der Waals surface area contributed by atoms with E-state index in [0.717, 1.165) is 16.1 Å². The maximum absolute atomic E-state index is 12.4. The van der Waals surface area contributed by atoms with Crippen LogP contribution in [0, 0.1) is 0 Å². The third-order valence-electron chi connectivity index (χ3n) is 3.54. The van der Waals surface area contributed by atoms with Crippen LogP contribution in [0.4, 0.5) is 0 Å². The van der Waals surface area contributed by atoms with Gasteiger partial charge >= 0.3 is 0 Å². The molecule has 1 N–H and O–H groups in total. The monoisotopic (exact) mass is 374 g/mol. The number of nitrogens with one attached hydrogen (secondary N) is 1. The van der Waals surface area contributed by atoms with Crippen LogP contribution in [0.1, 0.15) is 12.5 Å². The Morgan fingerprint density at radius 3 is 2.40 bits per heavy atom. The lowest BCUT2D eigenvalue weighted by Gasteiger charge is -2.08. The van der Waals surface area contributed by atoms with Crippen molar-refractivity contribution in [2.75, 3.05) is 6.61 Å². The number of ether oxygens (including phenoxy) is 1. The number of nitrogens with zero attached hydrogens (tertiary/aromatic N) is 1. The lowest BCUT2D eigenvalue weighted by molar-refractivity contribution is 0.340. The smallest absolute Gasteiger partial charge is 0.240 e. The molecule has 0 radical (unpaired) electrons. The molecular weight excluding hydrogens is 356 g/mol. The van der Waals surface area contributed by atoms with E-state index >= 15 is 0 Å². The molecule has 0 saturated carbocycles. The number of thiazole rings is 1. The molecule has 3 rings (SSSR count). The lowest BCUT2D eigenvalue weighted by Crippen LogP contribution is -2.23. The molecule has 25 heavy (non-hydrogen) atoms. The fourth-order valence-corrected chi connectivity index (χ4v) is 3.94. The van der Waals surface area contributed by atoms with Crippen LogP contribution >= 0.6 is 11.3 Å². The van der Waals surface area contributed by atoms with Crippen LogP contribution in [0.15, 0.2) is 65.0 Å². The van der Waals surface area contributed by atoms with Crippen LogP contribution < -0.4 is 9.46 Å². The molecule has 0 amide bonds. The summed E-state index contributed by atoms with van der Waals surface area (Å²) in [6, 6.07) is 14.1. The quantitative estimate of drug-likeness (QED) is 0.685. The zero-order chi connectivity index (χ0) is 17.7. The highest BCUT2D eigenvalue weighted by molar-refractivity contribution is 7.89. The molecule has 0 bridgehead atoms. The van der Waals surface area contributed by atoms with Crippen molar-refractivity contribution < 1.29 is 13.2 Å². The summed E-state index contributed by atoms with van der Waals surface area (Å²) in [7, 11) is -3.56. The van der Waals surface area contributed by atoms with Gasteiger partial charge in [-0.3, -0.25) is 0 Å². The van der Waals surface area contributed by atoms with E-state index in [4.69, 9.17) is 4.74 Å². The Bertz CT molecular complexity index is 904. The molecule has 5 nitrogen and oxygen atoms in total. The number of rotatable bonds is 7. The number of benzene rings is 2. The van der Waals surface area contributed by atoms with Crippen LogP contribution in [-0.4, -0.2) is 20.0 Å². The molecular formula is C18H18N2O3S2. The molecule has 1 heterocycles. The standard InChI is InChI=1S/C18H18N2O3S2/c1-2-23-16-7-9-17(10-8-16)25(21,22)20-13-14-3-5-15(6-4-14)18-19-11-12-24-18/h3-12,20H,2,13H2,1H3. The van der Waals surface area contributed by atoms with Gasteiger partial charge < -0.3 is 4.74 Å². The summed E-state index contributed by atoms with van der Waals surface area (Å²) in [6.07, 6.45) is 1.76. The third kappa shape index (κ3) is 4.45. The van der Waals surface area contributed by atoms with Crippen molar-refractivity contribution in [3.05, 3.63) is 65.7 Å². The van der Waals surface area contributed by atoms with Gasteiger partial charge in [0.25, 0.3) is 0 Å². The molecule has 0 aliphatic heterocycles. The first kappa shape index (κ1) is 17.6. The first-order chi connectivity index (χ1) is 12.1. The Hall–Kier alpha value is -2.22. The minimum atomic E-state index is -3.56. The summed E-state index contributed by atoms with van der Waals surface area (Å²) in [5.74, 6) is 0.652. The lowest BCUT2D eigenvalue weighted by atomic mass is 10.1. The number of hydrogen-bond acceptors (Lipinski definition) is 5. The van der Waals surface area contributed by atoms with Crippen molar-refractivity contribution in [3.8, 4) is 16.3 Å². The molecule has 0 unspecified atom stereocenters. The van der Waals surface area contributed by atoms with Crippen LogP contribution in [0.25, 0.3) is 10.6 Å². The summed E-state index contributed by atoms with van der Waals surface area (Å²) in [5.41, 5.74) is 1.91. The van der Waals surface area contributed by atoms with Crippen molar-refractivity contribution in [1.29, 1.82) is 0 Å². The minimum Gasteiger partial charge on any atom is -0.494 e. The maximum atomic E-state index is 12.4. The average molecular weight is 374 g/mol. The Morgan fingerprint density at radius 2 is 1.80 bits per heavy atom. The molecule has 0 aliphatic carbocycles. The first-order valence-electron chi connectivity index (χ1n) is 7.80. The summed E-state index contributed by atoms with van der Waals surface area (Å²) >= 11 is 1.57. The number of hydrogen-bond donors (Lipinski definition) is 1. The van der Waals surface area contributed by atoms with E-state index in [2.05, 4.69) is 9.71 Å². The normalized spacial score (nSPS) is 11.4. The van der Waals surface area contributed by atoms with Gasteiger partial charge in [-0.15, -0.1) is 11.3 Å². The third-order valence-corrected chi connectivity index (χ3v) is 5.78. The minimum absolute atomic E-state index is 0.218. The first-order valence-corrected chi connectivity index (χ1v) is 10.2. The van der Waals surface area contributed by atoms with Gasteiger partial charge in [0, 0.05) is 23.7 Å². The summed E-state index contributed by atoms with van der Waals surface area (Å²) in [5, 5.41) is 2.87. The van der Waals surface area contributed by atoms with Crippen LogP contribution in [0.2, 0.25) is 0 Å². The van der Waals surface area contributed by atoms with Crippen molar-refractivity contribution in [1.82, 2.24) is 9.71 Å². The Kier molecular flexibility index (Phi) is 5.47. The van der Waals surface area contributed by atoms with Crippen LogP contribution in [0.3, 0.4) is 0 Å². The molecule has 130 valence electrons. The van der Waals surface area contributed by atoms with Crippen molar-refractivity contribution >= 4 is 21.4 Å². The van der Waals surface area contributed by atoms with Gasteiger partial charge in [-0.25, -0.2) is 18.1 Å². The fraction of sp³-hybridized carbons (Fsp3) is 0.167. The highest BCUT2D eigenvalue weighted by Crippen LogP contribution is 2.22. The van der Waals surface area contributed by atoms with Crippen LogP contribution in [-0.2, 0) is 16.6 Å². The Morgan fingerprint density at radius 1 is 1.08 bits per heavy atom.